The maximum atomic E-state index is 12.3. The number of hydrogen-bond donors (Lipinski definition) is 2. The Bertz CT molecular complexity index is 717. The van der Waals surface area contributed by atoms with Crippen molar-refractivity contribution in [1.82, 2.24) is 20.5 Å². The molecule has 0 atom stereocenters. The van der Waals surface area contributed by atoms with Gasteiger partial charge in [0.2, 0.25) is 0 Å². The number of likely N-dealkylation sites (N-methyl/N-ethyl adjacent to an activating group) is 1. The van der Waals surface area contributed by atoms with E-state index in [1.54, 1.807) is 6.07 Å². The van der Waals surface area contributed by atoms with Gasteiger partial charge in [-0.05, 0) is 44.6 Å². The van der Waals surface area contributed by atoms with E-state index in [0.717, 1.165) is 19.4 Å². The first-order chi connectivity index (χ1) is 12.6. The Hall–Kier alpha value is -2.73. The summed E-state index contributed by atoms with van der Waals surface area (Å²) in [5, 5.41) is 5.68. The van der Waals surface area contributed by atoms with Gasteiger partial charge in [0.1, 0.15) is 5.69 Å². The second-order valence-electron chi connectivity index (χ2n) is 6.33. The number of aryl methyl sites for hydroxylation is 1. The van der Waals surface area contributed by atoms with Crippen molar-refractivity contribution in [2.24, 2.45) is 0 Å². The minimum atomic E-state index is -0.273. The van der Waals surface area contributed by atoms with Gasteiger partial charge in [-0.3, -0.25) is 14.6 Å². The van der Waals surface area contributed by atoms with Gasteiger partial charge in [-0.2, -0.15) is 0 Å². The average molecular weight is 354 g/mol. The van der Waals surface area contributed by atoms with Crippen molar-refractivity contribution < 1.29 is 9.59 Å². The summed E-state index contributed by atoms with van der Waals surface area (Å²) in [7, 11) is 3.88. The molecule has 6 nitrogen and oxygen atoms in total. The van der Waals surface area contributed by atoms with Gasteiger partial charge >= 0.3 is 0 Å². The van der Waals surface area contributed by atoms with Crippen molar-refractivity contribution in [1.29, 1.82) is 0 Å². The zero-order chi connectivity index (χ0) is 18.8. The van der Waals surface area contributed by atoms with E-state index < -0.39 is 0 Å². The highest BCUT2D eigenvalue weighted by molar-refractivity contribution is 5.98. The van der Waals surface area contributed by atoms with Gasteiger partial charge in [0, 0.05) is 31.4 Å². The number of pyridine rings is 1. The molecule has 2 aromatic rings. The second kappa shape index (κ2) is 10.3. The van der Waals surface area contributed by atoms with Crippen molar-refractivity contribution in [2.45, 2.75) is 12.8 Å². The number of nitrogens with one attached hydrogen (secondary N) is 2. The molecule has 0 saturated heterocycles. The van der Waals surface area contributed by atoms with Gasteiger partial charge < -0.3 is 15.5 Å². The SMILES string of the molecule is CN(C)CCNC(=O)c1cc(C(=O)NCCCc2ccccc2)ccn1. The number of nitrogens with zero attached hydrogens (tertiary/aromatic N) is 2. The van der Waals surface area contributed by atoms with E-state index in [1.165, 1.54) is 17.8 Å². The first-order valence-electron chi connectivity index (χ1n) is 8.77. The predicted octanol–water partition coefficient (Wildman–Crippen LogP) is 1.74. The van der Waals surface area contributed by atoms with Crippen molar-refractivity contribution >= 4 is 11.8 Å². The van der Waals surface area contributed by atoms with Crippen LogP contribution in [0, 0.1) is 0 Å². The summed E-state index contributed by atoms with van der Waals surface area (Å²) < 4.78 is 0. The zero-order valence-electron chi connectivity index (χ0n) is 15.4. The molecule has 0 saturated carbocycles. The molecule has 0 fully saturated rings. The molecule has 0 aliphatic rings. The van der Waals surface area contributed by atoms with Crippen LogP contribution < -0.4 is 10.6 Å². The second-order valence-corrected chi connectivity index (χ2v) is 6.33. The summed E-state index contributed by atoms with van der Waals surface area (Å²) in [5.74, 6) is -0.464. The van der Waals surface area contributed by atoms with E-state index in [9.17, 15) is 9.59 Å². The first kappa shape index (κ1) is 19.6. The number of amides is 2. The lowest BCUT2D eigenvalue weighted by Crippen LogP contribution is -2.32. The van der Waals surface area contributed by atoms with Crippen LogP contribution in [-0.2, 0) is 6.42 Å². The molecule has 2 rings (SSSR count). The number of aromatic nitrogens is 1. The van der Waals surface area contributed by atoms with Crippen LogP contribution in [0.4, 0.5) is 0 Å². The van der Waals surface area contributed by atoms with Crippen LogP contribution >= 0.6 is 0 Å². The Balaban J connectivity index is 1.80. The monoisotopic (exact) mass is 354 g/mol. The fraction of sp³-hybridized carbons (Fsp3) is 0.350. The molecule has 138 valence electrons. The van der Waals surface area contributed by atoms with Crippen LogP contribution in [0.3, 0.4) is 0 Å². The number of benzene rings is 1. The third-order valence-corrected chi connectivity index (χ3v) is 3.87. The Morgan fingerprint density at radius 2 is 1.73 bits per heavy atom. The Morgan fingerprint density at radius 1 is 1.00 bits per heavy atom. The number of carbonyl (C=O) groups is 2. The lowest BCUT2D eigenvalue weighted by molar-refractivity contribution is 0.0946. The van der Waals surface area contributed by atoms with Crippen molar-refractivity contribution in [3.05, 3.63) is 65.5 Å². The molecule has 0 bridgehead atoms. The minimum Gasteiger partial charge on any atom is -0.352 e. The lowest BCUT2D eigenvalue weighted by Gasteiger charge is -2.10. The Kier molecular flexibility index (Phi) is 7.76. The highest BCUT2D eigenvalue weighted by atomic mass is 16.2. The molecule has 1 heterocycles. The molecule has 6 heteroatoms. The van der Waals surface area contributed by atoms with Crippen molar-refractivity contribution in [3.8, 4) is 0 Å². The molecule has 0 spiro atoms. The Labute approximate surface area is 154 Å². The largest absolute Gasteiger partial charge is 0.352 e. The minimum absolute atomic E-state index is 0.192. The maximum absolute atomic E-state index is 12.3. The molecule has 0 unspecified atom stereocenters. The van der Waals surface area contributed by atoms with E-state index >= 15 is 0 Å². The molecular formula is C20H26N4O2. The molecule has 2 N–H and O–H groups in total. The number of hydrogen-bond acceptors (Lipinski definition) is 4. The highest BCUT2D eigenvalue weighted by Crippen LogP contribution is 2.04. The Morgan fingerprint density at radius 3 is 2.46 bits per heavy atom. The average Bonchev–Trinajstić information content (AvgIpc) is 2.65. The molecule has 0 aliphatic heterocycles. The quantitative estimate of drug-likeness (QED) is 0.673. The molecule has 1 aromatic carbocycles. The van der Waals surface area contributed by atoms with Gasteiger partial charge in [-0.25, -0.2) is 0 Å². The van der Waals surface area contributed by atoms with E-state index in [1.807, 2.05) is 37.2 Å². The summed E-state index contributed by atoms with van der Waals surface area (Å²) in [6.07, 6.45) is 3.26. The van der Waals surface area contributed by atoms with Crippen LogP contribution in [0.2, 0.25) is 0 Å². The van der Waals surface area contributed by atoms with Gasteiger partial charge in [0.15, 0.2) is 0 Å². The van der Waals surface area contributed by atoms with Gasteiger partial charge in [0.05, 0.1) is 0 Å². The lowest BCUT2D eigenvalue weighted by atomic mass is 10.1. The van der Waals surface area contributed by atoms with Gasteiger partial charge in [-0.1, -0.05) is 30.3 Å². The van der Waals surface area contributed by atoms with Crippen LogP contribution in [0.1, 0.15) is 32.8 Å². The third-order valence-electron chi connectivity index (χ3n) is 3.87. The van der Waals surface area contributed by atoms with E-state index in [2.05, 4.69) is 27.8 Å². The fourth-order valence-electron chi connectivity index (χ4n) is 2.42. The third kappa shape index (κ3) is 6.64. The molecule has 1 aromatic heterocycles. The summed E-state index contributed by atoms with van der Waals surface area (Å²) in [5.41, 5.74) is 1.94. The standard InChI is InChI=1S/C20H26N4O2/c1-24(2)14-13-23-20(26)18-15-17(10-12-21-18)19(25)22-11-6-9-16-7-4-3-5-8-16/h3-5,7-8,10,12,15H,6,9,11,13-14H2,1-2H3,(H,22,25)(H,23,26). The predicted molar refractivity (Wildman–Crippen MR) is 102 cm³/mol. The van der Waals surface area contributed by atoms with Gasteiger partial charge in [0.25, 0.3) is 11.8 Å². The summed E-state index contributed by atoms with van der Waals surface area (Å²) in [6, 6.07) is 13.3. The highest BCUT2D eigenvalue weighted by Gasteiger charge is 2.11. The normalized spacial score (nSPS) is 10.6. The molecule has 0 aliphatic carbocycles. The summed E-state index contributed by atoms with van der Waals surface area (Å²) >= 11 is 0. The van der Waals surface area contributed by atoms with Crippen LogP contribution in [0.5, 0.6) is 0 Å². The van der Waals surface area contributed by atoms with E-state index in [4.69, 9.17) is 0 Å². The smallest absolute Gasteiger partial charge is 0.269 e. The number of rotatable bonds is 9. The molecular weight excluding hydrogens is 328 g/mol. The summed E-state index contributed by atoms with van der Waals surface area (Å²) in [6.45, 7) is 1.86. The van der Waals surface area contributed by atoms with Gasteiger partial charge in [-0.15, -0.1) is 0 Å². The summed E-state index contributed by atoms with van der Waals surface area (Å²) in [4.78, 5) is 30.4. The number of carbonyl (C=O) groups excluding carboxylic acids is 2. The zero-order valence-corrected chi connectivity index (χ0v) is 15.4. The van der Waals surface area contributed by atoms with Crippen molar-refractivity contribution in [2.75, 3.05) is 33.7 Å². The first-order valence-corrected chi connectivity index (χ1v) is 8.77. The molecule has 0 radical (unpaired) electrons. The van der Waals surface area contributed by atoms with Crippen LogP contribution in [-0.4, -0.2) is 55.4 Å². The maximum Gasteiger partial charge on any atom is 0.269 e. The fourth-order valence-corrected chi connectivity index (χ4v) is 2.42. The van der Waals surface area contributed by atoms with E-state index in [0.29, 0.717) is 18.7 Å². The van der Waals surface area contributed by atoms with Crippen LogP contribution in [0.25, 0.3) is 0 Å². The van der Waals surface area contributed by atoms with E-state index in [-0.39, 0.29) is 17.5 Å². The topological polar surface area (TPSA) is 74.3 Å². The molecule has 2 amide bonds. The van der Waals surface area contributed by atoms with Crippen LogP contribution in [0.15, 0.2) is 48.7 Å². The van der Waals surface area contributed by atoms with Crippen molar-refractivity contribution in [3.63, 3.8) is 0 Å². The molecule has 26 heavy (non-hydrogen) atoms.